The molecule has 0 aliphatic rings. The third-order valence-corrected chi connectivity index (χ3v) is 5.43. The van der Waals surface area contributed by atoms with Crippen molar-refractivity contribution < 1.29 is 31.1 Å². The van der Waals surface area contributed by atoms with Crippen LogP contribution in [0.5, 0.6) is 0 Å². The number of anilines is 1. The molecule has 1 aromatic heterocycles. The molecule has 0 saturated carbocycles. The van der Waals surface area contributed by atoms with Gasteiger partial charge in [-0.3, -0.25) is 4.79 Å². The number of nitrogens with one attached hydrogen (secondary N) is 1. The molecule has 0 radical (unpaired) electrons. The molecule has 12 heteroatoms. The zero-order valence-electron chi connectivity index (χ0n) is 18.0. The number of amides is 1. The van der Waals surface area contributed by atoms with Gasteiger partial charge in [0.15, 0.2) is 5.69 Å². The van der Waals surface area contributed by atoms with Crippen LogP contribution in [0.1, 0.15) is 27.2 Å². The average molecular weight is 525 g/mol. The zero-order valence-corrected chi connectivity index (χ0v) is 18.8. The normalized spacial score (nSPS) is 12.0. The number of rotatable bonds is 5. The lowest BCUT2D eigenvalue weighted by molar-refractivity contribution is -0.143. The van der Waals surface area contributed by atoms with Gasteiger partial charge >= 0.3 is 12.4 Å². The van der Waals surface area contributed by atoms with Crippen molar-refractivity contribution >= 4 is 23.2 Å². The van der Waals surface area contributed by atoms with Gasteiger partial charge in [0.25, 0.3) is 5.91 Å². The maximum atomic E-state index is 13.3. The number of halogens is 7. The maximum Gasteiger partial charge on any atom is 0.416 e. The Kier molecular flexibility index (Phi) is 6.77. The van der Waals surface area contributed by atoms with Gasteiger partial charge in [-0.1, -0.05) is 59.3 Å². The van der Waals surface area contributed by atoms with Crippen LogP contribution in [0.15, 0.2) is 72.8 Å². The predicted octanol–water partition coefficient (Wildman–Crippen LogP) is 6.94. The van der Waals surface area contributed by atoms with Crippen LogP contribution >= 0.6 is 11.6 Å². The Labute approximate surface area is 205 Å². The molecule has 0 spiro atoms. The van der Waals surface area contributed by atoms with Crippen LogP contribution in [-0.4, -0.2) is 20.9 Å². The Balaban J connectivity index is 1.78. The van der Waals surface area contributed by atoms with Gasteiger partial charge in [0.1, 0.15) is 5.69 Å². The monoisotopic (exact) mass is 524 g/mol. The number of nitrogens with zero attached hydrogens (tertiary/aromatic N) is 3. The standard InChI is InChI=1S/C24H15ClF6N4O/c25-18-8-4-5-9-19(18)32-22(36)20-21(15-6-2-1-3-7-15)35(34-33-20)13-14-10-16(23(26,27)28)12-17(11-14)24(29,30)31/h1-12H,13H2,(H,32,36). The molecular weight excluding hydrogens is 510 g/mol. The molecule has 0 aliphatic carbocycles. The number of carbonyl (C=O) groups excluding carboxylic acids is 1. The lowest BCUT2D eigenvalue weighted by Gasteiger charge is -2.15. The van der Waals surface area contributed by atoms with Gasteiger partial charge in [-0.05, 0) is 35.9 Å². The summed E-state index contributed by atoms with van der Waals surface area (Å²) >= 11 is 6.09. The van der Waals surface area contributed by atoms with Gasteiger partial charge in [-0.2, -0.15) is 26.3 Å². The molecule has 5 nitrogen and oxygen atoms in total. The van der Waals surface area contributed by atoms with Crippen molar-refractivity contribution in [3.8, 4) is 11.3 Å². The average Bonchev–Trinajstić information content (AvgIpc) is 3.23. The van der Waals surface area contributed by atoms with Gasteiger partial charge in [0, 0.05) is 5.56 Å². The molecule has 1 N–H and O–H groups in total. The molecule has 3 aromatic carbocycles. The number of carbonyl (C=O) groups is 1. The molecule has 0 saturated heterocycles. The van der Waals surface area contributed by atoms with Crippen molar-refractivity contribution in [2.24, 2.45) is 0 Å². The summed E-state index contributed by atoms with van der Waals surface area (Å²) in [6, 6.07) is 15.9. The highest BCUT2D eigenvalue weighted by Crippen LogP contribution is 2.37. The summed E-state index contributed by atoms with van der Waals surface area (Å²) in [5.74, 6) is -0.715. The summed E-state index contributed by atoms with van der Waals surface area (Å²) in [7, 11) is 0. The molecule has 186 valence electrons. The first-order valence-corrected chi connectivity index (χ1v) is 10.6. The number of hydrogen-bond donors (Lipinski definition) is 1. The van der Waals surface area contributed by atoms with E-state index >= 15 is 0 Å². The number of aromatic nitrogens is 3. The van der Waals surface area contributed by atoms with E-state index in [-0.39, 0.29) is 33.7 Å². The van der Waals surface area contributed by atoms with Crippen LogP contribution in [0.2, 0.25) is 5.02 Å². The van der Waals surface area contributed by atoms with E-state index in [9.17, 15) is 31.1 Å². The highest BCUT2D eigenvalue weighted by molar-refractivity contribution is 6.33. The summed E-state index contributed by atoms with van der Waals surface area (Å²) in [5, 5.41) is 10.6. The van der Waals surface area contributed by atoms with Crippen LogP contribution in [-0.2, 0) is 18.9 Å². The van der Waals surface area contributed by atoms with E-state index in [2.05, 4.69) is 15.6 Å². The van der Waals surface area contributed by atoms with Gasteiger partial charge in [0.05, 0.1) is 28.4 Å². The molecule has 0 unspecified atom stereocenters. The highest BCUT2D eigenvalue weighted by Gasteiger charge is 2.37. The second-order valence-corrected chi connectivity index (χ2v) is 8.07. The zero-order chi connectivity index (χ0) is 26.1. The van der Waals surface area contributed by atoms with Crippen molar-refractivity contribution in [1.29, 1.82) is 0 Å². The van der Waals surface area contributed by atoms with E-state index in [4.69, 9.17) is 11.6 Å². The number of para-hydroxylation sites is 1. The van der Waals surface area contributed by atoms with E-state index in [1.54, 1.807) is 54.6 Å². The van der Waals surface area contributed by atoms with E-state index in [0.717, 1.165) is 4.68 Å². The van der Waals surface area contributed by atoms with E-state index < -0.39 is 35.9 Å². The topological polar surface area (TPSA) is 59.8 Å². The van der Waals surface area contributed by atoms with E-state index in [0.29, 0.717) is 17.7 Å². The van der Waals surface area contributed by atoms with Gasteiger partial charge in [0.2, 0.25) is 0 Å². The van der Waals surface area contributed by atoms with Gasteiger partial charge < -0.3 is 5.32 Å². The lowest BCUT2D eigenvalue weighted by Crippen LogP contribution is -2.15. The Bertz CT molecular complexity index is 1370. The Morgan fingerprint density at radius 1 is 0.861 bits per heavy atom. The fourth-order valence-electron chi connectivity index (χ4n) is 3.49. The Hall–Kier alpha value is -3.86. The van der Waals surface area contributed by atoms with Crippen LogP contribution in [0.3, 0.4) is 0 Å². The fourth-order valence-corrected chi connectivity index (χ4v) is 3.67. The molecule has 0 bridgehead atoms. The Morgan fingerprint density at radius 3 is 2.03 bits per heavy atom. The smallest absolute Gasteiger partial charge is 0.319 e. The molecule has 0 aliphatic heterocycles. The minimum atomic E-state index is -5.00. The van der Waals surface area contributed by atoms with Gasteiger partial charge in [-0.25, -0.2) is 4.68 Å². The van der Waals surface area contributed by atoms with Crippen molar-refractivity contribution in [1.82, 2.24) is 15.0 Å². The van der Waals surface area contributed by atoms with Crippen LogP contribution in [0, 0.1) is 0 Å². The summed E-state index contributed by atoms with van der Waals surface area (Å²) < 4.78 is 80.9. The minimum Gasteiger partial charge on any atom is -0.319 e. The molecule has 36 heavy (non-hydrogen) atoms. The Morgan fingerprint density at radius 2 is 1.44 bits per heavy atom. The molecular formula is C24H15ClF6N4O. The van der Waals surface area contributed by atoms with E-state index in [1.165, 1.54) is 0 Å². The van der Waals surface area contributed by atoms with Gasteiger partial charge in [-0.15, -0.1) is 5.10 Å². The lowest BCUT2D eigenvalue weighted by atomic mass is 10.0. The summed E-state index contributed by atoms with van der Waals surface area (Å²) in [6.45, 7) is -0.510. The van der Waals surface area contributed by atoms with Crippen molar-refractivity contribution in [3.05, 3.63) is 100 Å². The largest absolute Gasteiger partial charge is 0.416 e. The first kappa shape index (κ1) is 25.2. The SMILES string of the molecule is O=C(Nc1ccccc1Cl)c1nnn(Cc2cc(C(F)(F)F)cc(C(F)(F)F)c2)c1-c1ccccc1. The summed E-state index contributed by atoms with van der Waals surface area (Å²) in [6.07, 6.45) is -10.00. The molecule has 1 heterocycles. The molecule has 4 aromatic rings. The molecule has 0 atom stereocenters. The van der Waals surface area contributed by atoms with Crippen molar-refractivity contribution in [2.45, 2.75) is 18.9 Å². The number of alkyl halides is 6. The minimum absolute atomic E-state index is 0.0470. The maximum absolute atomic E-state index is 13.3. The molecule has 1 amide bonds. The second kappa shape index (κ2) is 9.65. The second-order valence-electron chi connectivity index (χ2n) is 7.66. The van der Waals surface area contributed by atoms with Crippen molar-refractivity contribution in [3.63, 3.8) is 0 Å². The van der Waals surface area contributed by atoms with Crippen molar-refractivity contribution in [2.75, 3.05) is 5.32 Å². The quantitative estimate of drug-likeness (QED) is 0.288. The third kappa shape index (κ3) is 5.51. The van der Waals surface area contributed by atoms with E-state index in [1.807, 2.05) is 0 Å². The number of hydrogen-bond acceptors (Lipinski definition) is 3. The highest BCUT2D eigenvalue weighted by atomic mass is 35.5. The molecule has 0 fully saturated rings. The molecule has 4 rings (SSSR count). The van der Waals surface area contributed by atoms with Crippen LogP contribution in [0.25, 0.3) is 11.3 Å². The van der Waals surface area contributed by atoms with Crippen LogP contribution < -0.4 is 5.32 Å². The van der Waals surface area contributed by atoms with Crippen LogP contribution in [0.4, 0.5) is 32.0 Å². The third-order valence-electron chi connectivity index (χ3n) is 5.10. The predicted molar refractivity (Wildman–Crippen MR) is 120 cm³/mol. The number of benzene rings is 3. The summed E-state index contributed by atoms with van der Waals surface area (Å²) in [4.78, 5) is 13.0. The summed E-state index contributed by atoms with van der Waals surface area (Å²) in [5.41, 5.74) is -2.61. The first-order chi connectivity index (χ1) is 16.9. The first-order valence-electron chi connectivity index (χ1n) is 10.3. The fraction of sp³-hybridized carbons (Fsp3) is 0.125.